The fraction of sp³-hybridized carbons (Fsp3) is 0.529. The zero-order valence-electron chi connectivity index (χ0n) is 13.3. The molecule has 1 saturated heterocycles. The fourth-order valence-corrected chi connectivity index (χ4v) is 2.73. The van der Waals surface area contributed by atoms with Crippen LogP contribution in [0.2, 0.25) is 0 Å². The van der Waals surface area contributed by atoms with E-state index >= 15 is 0 Å². The van der Waals surface area contributed by atoms with Crippen molar-refractivity contribution in [3.05, 3.63) is 35.6 Å². The maximum atomic E-state index is 12.9. The van der Waals surface area contributed by atoms with Crippen LogP contribution in [0.5, 0.6) is 0 Å². The van der Waals surface area contributed by atoms with Crippen molar-refractivity contribution >= 4 is 11.8 Å². The molecule has 1 aromatic carbocycles. The Bertz CT molecular complexity index is 542. The predicted molar refractivity (Wildman–Crippen MR) is 82.5 cm³/mol. The molecule has 0 spiro atoms. The average molecular weight is 306 g/mol. The minimum atomic E-state index is -0.298. The van der Waals surface area contributed by atoms with Crippen LogP contribution < -0.4 is 5.32 Å². The summed E-state index contributed by atoms with van der Waals surface area (Å²) in [5.41, 5.74) is 0.845. The van der Waals surface area contributed by atoms with Crippen molar-refractivity contribution in [1.29, 1.82) is 0 Å². The van der Waals surface area contributed by atoms with Crippen LogP contribution >= 0.6 is 0 Å². The number of rotatable bonds is 5. The molecule has 0 aromatic heterocycles. The zero-order chi connectivity index (χ0) is 16.3. The molecule has 120 valence electrons. The third-order valence-electron chi connectivity index (χ3n) is 3.90. The van der Waals surface area contributed by atoms with Crippen molar-refractivity contribution in [2.75, 3.05) is 13.1 Å². The predicted octanol–water partition coefficient (Wildman–Crippen LogP) is 2.51. The Labute approximate surface area is 130 Å². The van der Waals surface area contributed by atoms with Gasteiger partial charge in [0.05, 0.1) is 12.0 Å². The van der Waals surface area contributed by atoms with Crippen molar-refractivity contribution in [3.8, 4) is 0 Å². The Kier molecular flexibility index (Phi) is 5.16. The molecule has 2 unspecified atom stereocenters. The van der Waals surface area contributed by atoms with Crippen LogP contribution in [0.25, 0.3) is 0 Å². The van der Waals surface area contributed by atoms with Crippen LogP contribution in [0.1, 0.15) is 38.8 Å². The number of carbonyl (C=O) groups is 2. The number of carbonyl (C=O) groups excluding carboxylic acids is 2. The summed E-state index contributed by atoms with van der Waals surface area (Å²) in [5, 5.41) is 2.91. The number of hydrogen-bond acceptors (Lipinski definition) is 2. The van der Waals surface area contributed by atoms with Crippen molar-refractivity contribution in [3.63, 3.8) is 0 Å². The first kappa shape index (κ1) is 16.5. The molecule has 0 saturated carbocycles. The molecule has 0 bridgehead atoms. The van der Waals surface area contributed by atoms with Gasteiger partial charge in [-0.05, 0) is 30.5 Å². The first-order chi connectivity index (χ1) is 10.4. The summed E-state index contributed by atoms with van der Waals surface area (Å²) in [6.45, 7) is 7.14. The van der Waals surface area contributed by atoms with Gasteiger partial charge in [0.1, 0.15) is 5.82 Å². The van der Waals surface area contributed by atoms with E-state index in [1.54, 1.807) is 17.0 Å². The van der Waals surface area contributed by atoms with Gasteiger partial charge in [-0.2, -0.15) is 0 Å². The standard InChI is InChI=1S/C17H23FN2O2/c1-11(2)9-20-10-14(8-16(20)21)17(22)19-12(3)13-4-6-15(18)7-5-13/h4-7,11-12,14H,8-10H2,1-3H3,(H,19,22). The Morgan fingerprint density at radius 2 is 1.95 bits per heavy atom. The van der Waals surface area contributed by atoms with Gasteiger partial charge in [0, 0.05) is 19.5 Å². The van der Waals surface area contributed by atoms with Crippen LogP contribution in [-0.4, -0.2) is 29.8 Å². The molecule has 4 nitrogen and oxygen atoms in total. The molecule has 0 aliphatic carbocycles. The smallest absolute Gasteiger partial charge is 0.225 e. The summed E-state index contributed by atoms with van der Waals surface area (Å²) in [6, 6.07) is 5.86. The van der Waals surface area contributed by atoms with E-state index in [9.17, 15) is 14.0 Å². The molecule has 1 N–H and O–H groups in total. The summed E-state index contributed by atoms with van der Waals surface area (Å²) in [5.74, 6) is -0.272. The second-order valence-electron chi connectivity index (χ2n) is 6.38. The molecule has 2 atom stereocenters. The van der Waals surface area contributed by atoms with Gasteiger partial charge in [-0.1, -0.05) is 26.0 Å². The minimum Gasteiger partial charge on any atom is -0.349 e. The van der Waals surface area contributed by atoms with Gasteiger partial charge in [-0.25, -0.2) is 4.39 Å². The zero-order valence-corrected chi connectivity index (χ0v) is 13.3. The van der Waals surface area contributed by atoms with Gasteiger partial charge in [0.15, 0.2) is 0 Å². The van der Waals surface area contributed by atoms with Crippen molar-refractivity contribution in [2.24, 2.45) is 11.8 Å². The van der Waals surface area contributed by atoms with Gasteiger partial charge in [0.2, 0.25) is 11.8 Å². The highest BCUT2D eigenvalue weighted by molar-refractivity contribution is 5.89. The molecule has 2 amide bonds. The maximum absolute atomic E-state index is 12.9. The third-order valence-corrected chi connectivity index (χ3v) is 3.90. The van der Waals surface area contributed by atoms with E-state index in [0.717, 1.165) is 5.56 Å². The number of hydrogen-bond donors (Lipinski definition) is 1. The topological polar surface area (TPSA) is 49.4 Å². The number of nitrogens with one attached hydrogen (secondary N) is 1. The van der Waals surface area contributed by atoms with Crippen LogP contribution in [0.3, 0.4) is 0 Å². The second kappa shape index (κ2) is 6.90. The quantitative estimate of drug-likeness (QED) is 0.908. The van der Waals surface area contributed by atoms with Crippen LogP contribution in [-0.2, 0) is 9.59 Å². The van der Waals surface area contributed by atoms with E-state index in [1.165, 1.54) is 12.1 Å². The maximum Gasteiger partial charge on any atom is 0.225 e. The Balaban J connectivity index is 1.92. The molecular weight excluding hydrogens is 283 g/mol. The molecule has 1 fully saturated rings. The lowest BCUT2D eigenvalue weighted by Gasteiger charge is -2.20. The molecule has 5 heteroatoms. The first-order valence-electron chi connectivity index (χ1n) is 7.70. The molecular formula is C17H23FN2O2. The normalized spacial score (nSPS) is 19.6. The SMILES string of the molecule is CC(C)CN1CC(C(=O)NC(C)c2ccc(F)cc2)CC1=O. The third kappa shape index (κ3) is 4.06. The van der Waals surface area contributed by atoms with E-state index in [4.69, 9.17) is 0 Å². The monoisotopic (exact) mass is 306 g/mol. The average Bonchev–Trinajstić information content (AvgIpc) is 2.80. The van der Waals surface area contributed by atoms with E-state index in [1.807, 2.05) is 6.92 Å². The van der Waals surface area contributed by atoms with Crippen molar-refractivity contribution in [2.45, 2.75) is 33.2 Å². The Hall–Kier alpha value is -1.91. The van der Waals surface area contributed by atoms with Gasteiger partial charge >= 0.3 is 0 Å². The molecule has 0 radical (unpaired) electrons. The summed E-state index contributed by atoms with van der Waals surface area (Å²) in [7, 11) is 0. The van der Waals surface area contributed by atoms with Crippen LogP contribution in [0.4, 0.5) is 4.39 Å². The highest BCUT2D eigenvalue weighted by Crippen LogP contribution is 2.21. The largest absolute Gasteiger partial charge is 0.349 e. The minimum absolute atomic E-state index is 0.0447. The van der Waals surface area contributed by atoms with Crippen LogP contribution in [0.15, 0.2) is 24.3 Å². The number of benzene rings is 1. The summed E-state index contributed by atoms with van der Waals surface area (Å²) in [6.07, 6.45) is 0.273. The molecule has 1 heterocycles. The van der Waals surface area contributed by atoms with Crippen molar-refractivity contribution < 1.29 is 14.0 Å². The number of amides is 2. The number of likely N-dealkylation sites (tertiary alicyclic amines) is 1. The number of nitrogens with zero attached hydrogens (tertiary/aromatic N) is 1. The summed E-state index contributed by atoms with van der Waals surface area (Å²) in [4.78, 5) is 26.0. The van der Waals surface area contributed by atoms with E-state index in [0.29, 0.717) is 19.0 Å². The van der Waals surface area contributed by atoms with Crippen molar-refractivity contribution in [1.82, 2.24) is 10.2 Å². The van der Waals surface area contributed by atoms with Gasteiger partial charge < -0.3 is 10.2 Å². The Morgan fingerprint density at radius 3 is 2.55 bits per heavy atom. The molecule has 2 rings (SSSR count). The van der Waals surface area contributed by atoms with E-state index < -0.39 is 0 Å². The first-order valence-corrected chi connectivity index (χ1v) is 7.70. The lowest BCUT2D eigenvalue weighted by atomic mass is 10.0. The molecule has 1 aliphatic heterocycles. The molecule has 22 heavy (non-hydrogen) atoms. The fourth-order valence-electron chi connectivity index (χ4n) is 2.73. The van der Waals surface area contributed by atoms with E-state index in [-0.39, 0.29) is 36.0 Å². The van der Waals surface area contributed by atoms with Gasteiger partial charge in [0.25, 0.3) is 0 Å². The number of halogens is 1. The lowest BCUT2D eigenvalue weighted by Crippen LogP contribution is -2.35. The molecule has 1 aliphatic rings. The van der Waals surface area contributed by atoms with Gasteiger partial charge in [-0.3, -0.25) is 9.59 Å². The lowest BCUT2D eigenvalue weighted by molar-refractivity contribution is -0.129. The van der Waals surface area contributed by atoms with Crippen LogP contribution in [0, 0.1) is 17.7 Å². The highest BCUT2D eigenvalue weighted by atomic mass is 19.1. The Morgan fingerprint density at radius 1 is 1.32 bits per heavy atom. The summed E-state index contributed by atoms with van der Waals surface area (Å²) >= 11 is 0. The van der Waals surface area contributed by atoms with Gasteiger partial charge in [-0.15, -0.1) is 0 Å². The second-order valence-corrected chi connectivity index (χ2v) is 6.38. The van der Waals surface area contributed by atoms with E-state index in [2.05, 4.69) is 19.2 Å². The molecule has 1 aromatic rings. The highest BCUT2D eigenvalue weighted by Gasteiger charge is 2.34. The summed E-state index contributed by atoms with van der Waals surface area (Å²) < 4.78 is 12.9.